The van der Waals surface area contributed by atoms with Crippen molar-refractivity contribution in [1.29, 1.82) is 0 Å². The van der Waals surface area contributed by atoms with Gasteiger partial charge in [-0.05, 0) is 41.1 Å². The highest BCUT2D eigenvalue weighted by atomic mass is 79.9. The molecular formula is C12H12Br2O4. The van der Waals surface area contributed by atoms with Gasteiger partial charge in [0.05, 0.1) is 4.47 Å². The van der Waals surface area contributed by atoms with Crippen molar-refractivity contribution in [3.63, 3.8) is 0 Å². The second-order valence-electron chi connectivity index (χ2n) is 3.44. The fourth-order valence-electron chi connectivity index (χ4n) is 1.08. The molecule has 18 heavy (non-hydrogen) atoms. The van der Waals surface area contributed by atoms with Gasteiger partial charge in [-0.15, -0.1) is 0 Å². The minimum absolute atomic E-state index is 0.459. The van der Waals surface area contributed by atoms with E-state index in [4.69, 9.17) is 9.47 Å². The molecule has 1 rings (SSSR count). The van der Waals surface area contributed by atoms with E-state index in [1.807, 2.05) is 0 Å². The van der Waals surface area contributed by atoms with Crippen molar-refractivity contribution in [1.82, 2.24) is 0 Å². The van der Waals surface area contributed by atoms with Gasteiger partial charge in [-0.2, -0.15) is 0 Å². The van der Waals surface area contributed by atoms with Gasteiger partial charge in [-0.3, -0.25) is 0 Å². The fourth-order valence-corrected chi connectivity index (χ4v) is 2.22. The summed E-state index contributed by atoms with van der Waals surface area (Å²) in [5, 5.41) is 9.50. The van der Waals surface area contributed by atoms with Crippen molar-refractivity contribution in [2.24, 2.45) is 0 Å². The summed E-state index contributed by atoms with van der Waals surface area (Å²) in [5.41, 5.74) is 0. The molecule has 0 spiro atoms. The summed E-state index contributed by atoms with van der Waals surface area (Å²) in [6.07, 6.45) is -1.05. The topological polar surface area (TPSA) is 55.8 Å². The maximum absolute atomic E-state index is 11.1. The molecule has 0 aliphatic rings. The van der Waals surface area contributed by atoms with Crippen molar-refractivity contribution >= 4 is 37.8 Å². The van der Waals surface area contributed by atoms with Gasteiger partial charge in [0.1, 0.15) is 11.9 Å². The summed E-state index contributed by atoms with van der Waals surface area (Å²) < 4.78 is 11.9. The first-order valence-electron chi connectivity index (χ1n) is 5.07. The summed E-state index contributed by atoms with van der Waals surface area (Å²) >= 11 is 6.62. The van der Waals surface area contributed by atoms with Crippen LogP contribution in [0.1, 0.15) is 6.92 Å². The van der Waals surface area contributed by atoms with E-state index in [9.17, 15) is 9.90 Å². The molecule has 0 heterocycles. The largest absolute Gasteiger partial charge is 0.451 e. The molecule has 1 aromatic carbocycles. The third-order valence-corrected chi connectivity index (χ3v) is 3.04. The lowest BCUT2D eigenvalue weighted by Gasteiger charge is -2.21. The molecule has 1 N–H and O–H groups in total. The van der Waals surface area contributed by atoms with E-state index in [1.165, 1.54) is 6.92 Å². The van der Waals surface area contributed by atoms with Crippen LogP contribution in [0.2, 0.25) is 0 Å². The van der Waals surface area contributed by atoms with Gasteiger partial charge < -0.3 is 14.6 Å². The SMILES string of the molecule is C=CC(=O)OC(Oc1ccc(Br)cc1Br)C(C)O. The number of carbonyl (C=O) groups is 1. The molecule has 1 aromatic rings. The molecule has 0 saturated heterocycles. The Morgan fingerprint density at radius 2 is 2.17 bits per heavy atom. The third-order valence-electron chi connectivity index (χ3n) is 1.93. The first-order valence-corrected chi connectivity index (χ1v) is 6.65. The highest BCUT2D eigenvalue weighted by molar-refractivity contribution is 9.11. The van der Waals surface area contributed by atoms with Crippen LogP contribution in [0.3, 0.4) is 0 Å². The number of hydrogen-bond donors (Lipinski definition) is 1. The van der Waals surface area contributed by atoms with Gasteiger partial charge >= 0.3 is 5.97 Å². The van der Waals surface area contributed by atoms with Gasteiger partial charge in [-0.25, -0.2) is 4.79 Å². The molecule has 4 nitrogen and oxygen atoms in total. The van der Waals surface area contributed by atoms with Gasteiger partial charge in [0.15, 0.2) is 0 Å². The second kappa shape index (κ2) is 6.92. The lowest BCUT2D eigenvalue weighted by atomic mass is 10.3. The van der Waals surface area contributed by atoms with E-state index in [1.54, 1.807) is 18.2 Å². The van der Waals surface area contributed by atoms with Crippen LogP contribution in [0.4, 0.5) is 0 Å². The Hall–Kier alpha value is -0.850. The van der Waals surface area contributed by atoms with E-state index in [2.05, 4.69) is 38.4 Å². The Labute approximate surface area is 122 Å². The van der Waals surface area contributed by atoms with Crippen molar-refractivity contribution in [3.8, 4) is 5.75 Å². The van der Waals surface area contributed by atoms with E-state index in [0.29, 0.717) is 10.2 Å². The fraction of sp³-hybridized carbons (Fsp3) is 0.250. The van der Waals surface area contributed by atoms with E-state index in [-0.39, 0.29) is 0 Å². The monoisotopic (exact) mass is 378 g/mol. The van der Waals surface area contributed by atoms with Crippen molar-refractivity contribution in [2.75, 3.05) is 0 Å². The standard InChI is InChI=1S/C12H12Br2O4/c1-3-11(16)18-12(7(2)15)17-10-5-4-8(13)6-9(10)14/h3-7,12,15H,1H2,2H3. The molecule has 98 valence electrons. The Morgan fingerprint density at radius 1 is 1.50 bits per heavy atom. The molecule has 0 radical (unpaired) electrons. The average Bonchev–Trinajstić information content (AvgIpc) is 2.30. The molecule has 2 unspecified atom stereocenters. The van der Waals surface area contributed by atoms with Crippen LogP contribution in [0.5, 0.6) is 5.75 Å². The molecule has 6 heteroatoms. The van der Waals surface area contributed by atoms with Crippen molar-refractivity contribution < 1.29 is 19.4 Å². The first-order chi connectivity index (χ1) is 8.43. The van der Waals surface area contributed by atoms with Crippen LogP contribution in [0.15, 0.2) is 39.8 Å². The molecule has 0 bridgehead atoms. The number of esters is 1. The zero-order valence-corrected chi connectivity index (χ0v) is 12.8. The average molecular weight is 380 g/mol. The lowest BCUT2D eigenvalue weighted by Crippen LogP contribution is -2.34. The zero-order valence-electron chi connectivity index (χ0n) is 9.60. The van der Waals surface area contributed by atoms with E-state index < -0.39 is 18.4 Å². The Bertz CT molecular complexity index is 446. The number of aliphatic hydroxyl groups is 1. The van der Waals surface area contributed by atoms with E-state index in [0.717, 1.165) is 10.5 Å². The number of aliphatic hydroxyl groups excluding tert-OH is 1. The smallest absolute Gasteiger partial charge is 0.333 e. The van der Waals surface area contributed by atoms with Crippen LogP contribution in [0, 0.1) is 0 Å². The molecule has 2 atom stereocenters. The van der Waals surface area contributed by atoms with Gasteiger partial charge in [0, 0.05) is 10.5 Å². The Morgan fingerprint density at radius 3 is 2.67 bits per heavy atom. The second-order valence-corrected chi connectivity index (χ2v) is 5.21. The summed E-state index contributed by atoms with van der Waals surface area (Å²) in [6, 6.07) is 5.24. The minimum atomic E-state index is -1.09. The van der Waals surface area contributed by atoms with Crippen LogP contribution in [0.25, 0.3) is 0 Å². The predicted molar refractivity (Wildman–Crippen MR) is 74.2 cm³/mol. The highest BCUT2D eigenvalue weighted by Crippen LogP contribution is 2.29. The van der Waals surface area contributed by atoms with Crippen LogP contribution in [-0.2, 0) is 9.53 Å². The maximum Gasteiger partial charge on any atom is 0.333 e. The summed E-state index contributed by atoms with van der Waals surface area (Å²) in [4.78, 5) is 11.1. The van der Waals surface area contributed by atoms with Gasteiger partial charge in [-0.1, -0.05) is 22.5 Å². The molecule has 0 amide bonds. The maximum atomic E-state index is 11.1. The number of ether oxygens (including phenoxy) is 2. The van der Waals surface area contributed by atoms with Crippen LogP contribution < -0.4 is 4.74 Å². The molecule has 0 aliphatic heterocycles. The number of rotatable bonds is 5. The molecule has 0 fully saturated rings. The molecular weight excluding hydrogens is 368 g/mol. The van der Waals surface area contributed by atoms with Crippen molar-refractivity contribution in [2.45, 2.75) is 19.3 Å². The first kappa shape index (κ1) is 15.2. The number of hydrogen-bond acceptors (Lipinski definition) is 4. The van der Waals surface area contributed by atoms with Crippen LogP contribution >= 0.6 is 31.9 Å². The third kappa shape index (κ3) is 4.44. The molecule has 0 aromatic heterocycles. The quantitative estimate of drug-likeness (QED) is 0.485. The molecule has 0 aliphatic carbocycles. The summed E-state index contributed by atoms with van der Waals surface area (Å²) in [5.74, 6) is -0.199. The number of carbonyl (C=O) groups excluding carboxylic acids is 1. The predicted octanol–water partition coefficient (Wildman–Crippen LogP) is 3.03. The minimum Gasteiger partial charge on any atom is -0.451 e. The normalized spacial score (nSPS) is 13.6. The van der Waals surface area contributed by atoms with Crippen LogP contribution in [-0.4, -0.2) is 23.5 Å². The lowest BCUT2D eigenvalue weighted by molar-refractivity contribution is -0.172. The number of halogens is 2. The Kier molecular flexibility index (Phi) is 5.84. The van der Waals surface area contributed by atoms with Gasteiger partial charge in [0.25, 0.3) is 6.29 Å². The Balaban J connectivity index is 2.83. The van der Waals surface area contributed by atoms with Gasteiger partial charge in [0.2, 0.25) is 0 Å². The molecule has 0 saturated carbocycles. The van der Waals surface area contributed by atoms with E-state index >= 15 is 0 Å². The number of benzene rings is 1. The summed E-state index contributed by atoms with van der Waals surface area (Å²) in [7, 11) is 0. The zero-order chi connectivity index (χ0) is 13.7. The van der Waals surface area contributed by atoms with Crippen molar-refractivity contribution in [3.05, 3.63) is 39.8 Å². The highest BCUT2D eigenvalue weighted by Gasteiger charge is 2.21. The summed E-state index contributed by atoms with van der Waals surface area (Å²) in [6.45, 7) is 4.75.